The molecule has 1 saturated heterocycles. The minimum Gasteiger partial charge on any atom is -0.444 e. The Hall–Kier alpha value is -2.60. The van der Waals surface area contributed by atoms with Crippen molar-refractivity contribution >= 4 is 22.8 Å². The first-order chi connectivity index (χ1) is 13.2. The maximum Gasteiger partial charge on any atom is 0.410 e. The number of ether oxygens (including phenoxy) is 2. The van der Waals surface area contributed by atoms with E-state index in [1.165, 1.54) is 0 Å². The van der Waals surface area contributed by atoms with Gasteiger partial charge in [-0.2, -0.15) is 0 Å². The lowest BCUT2D eigenvalue weighted by atomic mass is 9.98. The highest BCUT2D eigenvalue weighted by Crippen LogP contribution is 2.29. The van der Waals surface area contributed by atoms with Gasteiger partial charge in [0.2, 0.25) is 5.91 Å². The summed E-state index contributed by atoms with van der Waals surface area (Å²) in [5.74, 6) is -0.137. The van der Waals surface area contributed by atoms with Crippen molar-refractivity contribution in [3.8, 4) is 0 Å². The summed E-state index contributed by atoms with van der Waals surface area (Å²) in [6.07, 6.45) is -0.670. The molecule has 0 spiro atoms. The van der Waals surface area contributed by atoms with E-state index in [0.717, 1.165) is 16.3 Å². The second kappa shape index (κ2) is 8.19. The molecule has 6 nitrogen and oxygen atoms in total. The third kappa shape index (κ3) is 4.81. The Morgan fingerprint density at radius 2 is 1.96 bits per heavy atom. The number of hydrogen-bond acceptors (Lipinski definition) is 4. The third-order valence-electron chi connectivity index (χ3n) is 4.75. The zero-order valence-corrected chi connectivity index (χ0v) is 16.9. The lowest BCUT2D eigenvalue weighted by Crippen LogP contribution is -2.50. The van der Waals surface area contributed by atoms with Crippen LogP contribution >= 0.6 is 0 Å². The molecule has 3 rings (SSSR count). The van der Waals surface area contributed by atoms with Crippen molar-refractivity contribution in [1.29, 1.82) is 0 Å². The van der Waals surface area contributed by atoms with E-state index in [1.54, 1.807) is 4.90 Å². The number of nitrogens with zero attached hydrogens (tertiary/aromatic N) is 1. The van der Waals surface area contributed by atoms with Crippen LogP contribution in [-0.2, 0) is 14.3 Å². The SMILES string of the molecule is C[C@H](c1cccc2ccccc12)N(CC1CNC(=O)CO1)C(=O)OC(C)(C)C. The summed E-state index contributed by atoms with van der Waals surface area (Å²) in [4.78, 5) is 26.1. The monoisotopic (exact) mass is 384 g/mol. The maximum absolute atomic E-state index is 13.0. The highest BCUT2D eigenvalue weighted by Gasteiger charge is 2.31. The molecule has 0 saturated carbocycles. The number of nitrogens with one attached hydrogen (secondary N) is 1. The van der Waals surface area contributed by atoms with E-state index >= 15 is 0 Å². The lowest BCUT2D eigenvalue weighted by molar-refractivity contribution is -0.133. The van der Waals surface area contributed by atoms with Crippen molar-refractivity contribution < 1.29 is 19.1 Å². The summed E-state index contributed by atoms with van der Waals surface area (Å²) in [5, 5.41) is 5.01. The smallest absolute Gasteiger partial charge is 0.410 e. The Bertz CT molecular complexity index is 844. The van der Waals surface area contributed by atoms with E-state index in [-0.39, 0.29) is 24.7 Å². The normalized spacial score (nSPS) is 18.4. The first-order valence-electron chi connectivity index (χ1n) is 9.60. The van der Waals surface area contributed by atoms with Crippen LogP contribution in [0.15, 0.2) is 42.5 Å². The zero-order chi connectivity index (χ0) is 20.3. The largest absolute Gasteiger partial charge is 0.444 e. The highest BCUT2D eigenvalue weighted by atomic mass is 16.6. The van der Waals surface area contributed by atoms with E-state index in [2.05, 4.69) is 23.5 Å². The fourth-order valence-corrected chi connectivity index (χ4v) is 3.36. The summed E-state index contributed by atoms with van der Waals surface area (Å²) >= 11 is 0. The molecule has 1 N–H and O–H groups in total. The van der Waals surface area contributed by atoms with Gasteiger partial charge in [0.1, 0.15) is 12.2 Å². The Kier molecular flexibility index (Phi) is 5.89. The van der Waals surface area contributed by atoms with Crippen LogP contribution in [0.3, 0.4) is 0 Å². The molecule has 2 aromatic rings. The molecular formula is C22H28N2O4. The third-order valence-corrected chi connectivity index (χ3v) is 4.75. The molecule has 1 aliphatic rings. The number of carbonyl (C=O) groups is 2. The van der Waals surface area contributed by atoms with Crippen LogP contribution in [0.25, 0.3) is 10.8 Å². The molecule has 1 fully saturated rings. The van der Waals surface area contributed by atoms with Crippen LogP contribution in [0, 0.1) is 0 Å². The lowest BCUT2D eigenvalue weighted by Gasteiger charge is -2.35. The fourth-order valence-electron chi connectivity index (χ4n) is 3.36. The van der Waals surface area contributed by atoms with Crippen LogP contribution in [0.5, 0.6) is 0 Å². The van der Waals surface area contributed by atoms with Gasteiger partial charge < -0.3 is 14.8 Å². The molecule has 1 unspecified atom stereocenters. The van der Waals surface area contributed by atoms with Gasteiger partial charge in [0.05, 0.1) is 18.7 Å². The Balaban J connectivity index is 1.90. The van der Waals surface area contributed by atoms with E-state index in [1.807, 2.05) is 52.0 Å². The maximum atomic E-state index is 13.0. The minimum absolute atomic E-state index is 0.00940. The summed E-state index contributed by atoms with van der Waals surface area (Å²) in [5.41, 5.74) is 0.443. The molecule has 2 aromatic carbocycles. The van der Waals surface area contributed by atoms with Gasteiger partial charge in [-0.15, -0.1) is 0 Å². The standard InChI is InChI=1S/C22H28N2O4/c1-15(18-11-7-9-16-8-5-6-10-19(16)18)24(21(26)28-22(2,3)4)13-17-12-23-20(25)14-27-17/h5-11,15,17H,12-14H2,1-4H3,(H,23,25)/t15-,17?/m1/s1. The van der Waals surface area contributed by atoms with Gasteiger partial charge in [0, 0.05) is 6.54 Å². The molecule has 150 valence electrons. The fraction of sp³-hybridized carbons (Fsp3) is 0.455. The Morgan fingerprint density at radius 1 is 1.25 bits per heavy atom. The number of amides is 2. The average molecular weight is 384 g/mol. The summed E-state index contributed by atoms with van der Waals surface area (Å²) < 4.78 is 11.3. The van der Waals surface area contributed by atoms with Crippen molar-refractivity contribution in [2.24, 2.45) is 0 Å². The van der Waals surface area contributed by atoms with Gasteiger partial charge in [-0.1, -0.05) is 42.5 Å². The second-order valence-corrected chi connectivity index (χ2v) is 8.11. The second-order valence-electron chi connectivity index (χ2n) is 8.11. The zero-order valence-electron chi connectivity index (χ0n) is 16.9. The van der Waals surface area contributed by atoms with Crippen molar-refractivity contribution in [2.75, 3.05) is 19.7 Å². The molecule has 0 radical (unpaired) electrons. The predicted molar refractivity (Wildman–Crippen MR) is 108 cm³/mol. The van der Waals surface area contributed by atoms with E-state index in [0.29, 0.717) is 13.1 Å². The number of fused-ring (bicyclic) bond motifs is 1. The van der Waals surface area contributed by atoms with E-state index in [4.69, 9.17) is 9.47 Å². The summed E-state index contributed by atoms with van der Waals surface area (Å²) in [6.45, 7) is 8.26. The molecule has 2 amide bonds. The molecule has 28 heavy (non-hydrogen) atoms. The minimum atomic E-state index is -0.602. The molecular weight excluding hydrogens is 356 g/mol. The van der Waals surface area contributed by atoms with Crippen molar-refractivity contribution in [1.82, 2.24) is 10.2 Å². The van der Waals surface area contributed by atoms with Gasteiger partial charge >= 0.3 is 6.09 Å². The van der Waals surface area contributed by atoms with Gasteiger partial charge in [-0.05, 0) is 44.0 Å². The topological polar surface area (TPSA) is 67.9 Å². The quantitative estimate of drug-likeness (QED) is 0.874. The van der Waals surface area contributed by atoms with Crippen molar-refractivity contribution in [2.45, 2.75) is 45.4 Å². The number of benzene rings is 2. The molecule has 1 aliphatic heterocycles. The van der Waals surface area contributed by atoms with Crippen LogP contribution < -0.4 is 5.32 Å². The van der Waals surface area contributed by atoms with Gasteiger partial charge in [0.15, 0.2) is 0 Å². The number of carbonyl (C=O) groups excluding carboxylic acids is 2. The molecule has 1 heterocycles. The Labute approximate surface area is 165 Å². The van der Waals surface area contributed by atoms with E-state index < -0.39 is 11.7 Å². The van der Waals surface area contributed by atoms with E-state index in [9.17, 15) is 9.59 Å². The number of rotatable bonds is 4. The molecule has 0 aromatic heterocycles. The molecule has 0 bridgehead atoms. The van der Waals surface area contributed by atoms with Crippen LogP contribution in [-0.4, -0.2) is 48.3 Å². The van der Waals surface area contributed by atoms with Crippen LogP contribution in [0.1, 0.15) is 39.3 Å². The molecule has 0 aliphatic carbocycles. The van der Waals surface area contributed by atoms with Crippen molar-refractivity contribution in [3.63, 3.8) is 0 Å². The number of hydrogen-bond donors (Lipinski definition) is 1. The van der Waals surface area contributed by atoms with Gasteiger partial charge in [-0.25, -0.2) is 4.79 Å². The van der Waals surface area contributed by atoms with Crippen LogP contribution in [0.4, 0.5) is 4.79 Å². The predicted octanol–water partition coefficient (Wildman–Crippen LogP) is 3.65. The van der Waals surface area contributed by atoms with Crippen LogP contribution in [0.2, 0.25) is 0 Å². The Morgan fingerprint density at radius 3 is 2.64 bits per heavy atom. The van der Waals surface area contributed by atoms with Gasteiger partial charge in [0.25, 0.3) is 0 Å². The van der Waals surface area contributed by atoms with Crippen molar-refractivity contribution in [3.05, 3.63) is 48.0 Å². The average Bonchev–Trinajstić information content (AvgIpc) is 2.65. The highest BCUT2D eigenvalue weighted by molar-refractivity contribution is 5.86. The molecule has 2 atom stereocenters. The summed E-state index contributed by atoms with van der Waals surface area (Å²) in [7, 11) is 0. The number of morpholine rings is 1. The first kappa shape index (κ1) is 20.1. The van der Waals surface area contributed by atoms with Gasteiger partial charge in [-0.3, -0.25) is 9.69 Å². The molecule has 6 heteroatoms. The summed E-state index contributed by atoms with van der Waals surface area (Å²) in [6, 6.07) is 14.0. The first-order valence-corrected chi connectivity index (χ1v) is 9.60.